The van der Waals surface area contributed by atoms with Gasteiger partial charge in [-0.3, -0.25) is 0 Å². The highest BCUT2D eigenvalue weighted by atomic mass is 127. The van der Waals surface area contributed by atoms with Crippen molar-refractivity contribution in [1.29, 1.82) is 0 Å². The zero-order valence-corrected chi connectivity index (χ0v) is 13.2. The van der Waals surface area contributed by atoms with E-state index in [4.69, 9.17) is 16.0 Å². The number of halogens is 2. The van der Waals surface area contributed by atoms with Crippen molar-refractivity contribution in [2.24, 2.45) is 0 Å². The smallest absolute Gasteiger partial charge is 0.135 e. The van der Waals surface area contributed by atoms with Gasteiger partial charge in [-0.2, -0.15) is 0 Å². The average Bonchev–Trinajstić information content (AvgIpc) is 2.78. The summed E-state index contributed by atoms with van der Waals surface area (Å²) in [7, 11) is 0. The molecule has 18 heavy (non-hydrogen) atoms. The first kappa shape index (κ1) is 13.9. The van der Waals surface area contributed by atoms with Crippen LogP contribution in [0.15, 0.2) is 34.7 Å². The van der Waals surface area contributed by atoms with Gasteiger partial charge in [0.2, 0.25) is 0 Å². The molecule has 1 unspecified atom stereocenters. The molecule has 1 aromatic heterocycles. The molecule has 2 nitrogen and oxygen atoms in total. The Morgan fingerprint density at radius 3 is 2.78 bits per heavy atom. The fraction of sp³-hybridized carbons (Fsp3) is 0.286. The average molecular weight is 376 g/mol. The van der Waals surface area contributed by atoms with Crippen LogP contribution in [0.5, 0.6) is 0 Å². The van der Waals surface area contributed by atoms with Crippen molar-refractivity contribution in [3.63, 3.8) is 0 Å². The molecule has 0 bridgehead atoms. The van der Waals surface area contributed by atoms with Crippen molar-refractivity contribution in [1.82, 2.24) is 5.32 Å². The zero-order valence-electron chi connectivity index (χ0n) is 10.3. The molecule has 0 aliphatic carbocycles. The van der Waals surface area contributed by atoms with Crippen LogP contribution >= 0.6 is 34.2 Å². The van der Waals surface area contributed by atoms with Crippen LogP contribution in [0, 0.1) is 3.57 Å². The van der Waals surface area contributed by atoms with E-state index in [9.17, 15) is 0 Å². The van der Waals surface area contributed by atoms with E-state index in [1.54, 1.807) is 0 Å². The van der Waals surface area contributed by atoms with Gasteiger partial charge in [-0.1, -0.05) is 18.5 Å². The summed E-state index contributed by atoms with van der Waals surface area (Å²) in [6.07, 6.45) is 0. The Morgan fingerprint density at radius 2 is 2.11 bits per heavy atom. The summed E-state index contributed by atoms with van der Waals surface area (Å²) in [5, 5.41) is 4.04. The molecule has 96 valence electrons. The minimum Gasteiger partial charge on any atom is -0.459 e. The standard InChI is InChI=1S/C14H15ClINO/c1-3-17-9(2)13-6-7-14(18-13)11-5-4-10(16)8-12(11)15/h4-9,17H,3H2,1-2H3. The molecule has 0 saturated heterocycles. The van der Waals surface area contributed by atoms with Crippen LogP contribution in [0.25, 0.3) is 11.3 Å². The van der Waals surface area contributed by atoms with Crippen LogP contribution in [0.4, 0.5) is 0 Å². The quantitative estimate of drug-likeness (QED) is 0.771. The monoisotopic (exact) mass is 375 g/mol. The lowest BCUT2D eigenvalue weighted by molar-refractivity contribution is 0.445. The third-order valence-corrected chi connectivity index (χ3v) is 3.74. The summed E-state index contributed by atoms with van der Waals surface area (Å²) in [6.45, 7) is 5.08. The van der Waals surface area contributed by atoms with Gasteiger partial charge in [0.25, 0.3) is 0 Å². The number of hydrogen-bond acceptors (Lipinski definition) is 2. The van der Waals surface area contributed by atoms with Gasteiger partial charge in [0.15, 0.2) is 0 Å². The largest absolute Gasteiger partial charge is 0.459 e. The number of benzene rings is 1. The summed E-state index contributed by atoms with van der Waals surface area (Å²) in [5.74, 6) is 1.75. The summed E-state index contributed by atoms with van der Waals surface area (Å²) >= 11 is 8.48. The van der Waals surface area contributed by atoms with E-state index in [1.165, 1.54) is 0 Å². The van der Waals surface area contributed by atoms with Gasteiger partial charge in [0.1, 0.15) is 11.5 Å². The molecule has 1 heterocycles. The normalized spacial score (nSPS) is 12.7. The van der Waals surface area contributed by atoms with E-state index in [1.807, 2.05) is 30.3 Å². The van der Waals surface area contributed by atoms with Crippen LogP contribution in [0.2, 0.25) is 5.02 Å². The van der Waals surface area contributed by atoms with Gasteiger partial charge in [-0.05, 0) is 66.4 Å². The fourth-order valence-electron chi connectivity index (χ4n) is 1.83. The van der Waals surface area contributed by atoms with Crippen LogP contribution in [-0.4, -0.2) is 6.54 Å². The Labute approximate surface area is 126 Å². The maximum atomic E-state index is 6.23. The van der Waals surface area contributed by atoms with Crippen molar-refractivity contribution < 1.29 is 4.42 Å². The molecule has 2 aromatic rings. The molecular formula is C14H15ClINO. The first-order valence-corrected chi connectivity index (χ1v) is 7.36. The van der Waals surface area contributed by atoms with Crippen LogP contribution in [-0.2, 0) is 0 Å². The summed E-state index contributed by atoms with van der Waals surface area (Å²) in [6, 6.07) is 10.1. The first-order chi connectivity index (χ1) is 8.61. The second-order valence-electron chi connectivity index (χ2n) is 4.11. The van der Waals surface area contributed by atoms with Gasteiger partial charge in [-0.25, -0.2) is 0 Å². The van der Waals surface area contributed by atoms with Crippen molar-refractivity contribution in [2.75, 3.05) is 6.54 Å². The van der Waals surface area contributed by atoms with Crippen molar-refractivity contribution in [3.8, 4) is 11.3 Å². The fourth-order valence-corrected chi connectivity index (χ4v) is 2.78. The molecule has 1 N–H and O–H groups in total. The van der Waals surface area contributed by atoms with E-state index in [0.29, 0.717) is 0 Å². The Kier molecular flexibility index (Phi) is 4.70. The van der Waals surface area contributed by atoms with E-state index < -0.39 is 0 Å². The van der Waals surface area contributed by atoms with Gasteiger partial charge in [0.05, 0.1) is 11.1 Å². The highest BCUT2D eigenvalue weighted by molar-refractivity contribution is 14.1. The highest BCUT2D eigenvalue weighted by Crippen LogP contribution is 2.31. The summed E-state index contributed by atoms with van der Waals surface area (Å²) < 4.78 is 6.97. The maximum absolute atomic E-state index is 6.23. The molecule has 0 radical (unpaired) electrons. The lowest BCUT2D eigenvalue weighted by Gasteiger charge is -2.08. The SMILES string of the molecule is CCNC(C)c1ccc(-c2ccc(I)cc2Cl)o1. The number of nitrogens with one attached hydrogen (secondary N) is 1. The molecule has 2 rings (SSSR count). The van der Waals surface area contributed by atoms with E-state index in [0.717, 1.165) is 32.2 Å². The molecule has 4 heteroatoms. The zero-order chi connectivity index (χ0) is 13.1. The number of furan rings is 1. The van der Waals surface area contributed by atoms with Crippen molar-refractivity contribution in [2.45, 2.75) is 19.9 Å². The molecule has 1 atom stereocenters. The lowest BCUT2D eigenvalue weighted by Crippen LogP contribution is -2.16. The minimum absolute atomic E-state index is 0.214. The Hall–Kier alpha value is -0.520. The molecule has 0 spiro atoms. The second kappa shape index (κ2) is 6.08. The maximum Gasteiger partial charge on any atom is 0.135 e. The number of rotatable bonds is 4. The Bertz CT molecular complexity index is 538. The molecule has 0 aliphatic rings. The Balaban J connectivity index is 2.29. The minimum atomic E-state index is 0.214. The van der Waals surface area contributed by atoms with E-state index in [2.05, 4.69) is 41.8 Å². The predicted molar refractivity (Wildman–Crippen MR) is 84.0 cm³/mol. The molecule has 1 aromatic carbocycles. The van der Waals surface area contributed by atoms with Crippen LogP contribution in [0.1, 0.15) is 25.6 Å². The second-order valence-corrected chi connectivity index (χ2v) is 5.76. The topological polar surface area (TPSA) is 25.2 Å². The van der Waals surface area contributed by atoms with Crippen molar-refractivity contribution >= 4 is 34.2 Å². The third-order valence-electron chi connectivity index (χ3n) is 2.76. The Morgan fingerprint density at radius 1 is 1.33 bits per heavy atom. The van der Waals surface area contributed by atoms with Crippen LogP contribution in [0.3, 0.4) is 0 Å². The third kappa shape index (κ3) is 3.08. The first-order valence-electron chi connectivity index (χ1n) is 5.90. The van der Waals surface area contributed by atoms with Gasteiger partial charge in [0, 0.05) is 9.13 Å². The molecule has 0 amide bonds. The van der Waals surface area contributed by atoms with E-state index in [-0.39, 0.29) is 6.04 Å². The summed E-state index contributed by atoms with van der Waals surface area (Å²) in [5.41, 5.74) is 0.937. The lowest BCUT2D eigenvalue weighted by atomic mass is 10.2. The molecular weight excluding hydrogens is 361 g/mol. The predicted octanol–water partition coefficient (Wildman–Crippen LogP) is 4.88. The van der Waals surface area contributed by atoms with Gasteiger partial charge < -0.3 is 9.73 Å². The molecule has 0 fully saturated rings. The van der Waals surface area contributed by atoms with Gasteiger partial charge in [-0.15, -0.1) is 0 Å². The molecule has 0 aliphatic heterocycles. The van der Waals surface area contributed by atoms with E-state index >= 15 is 0 Å². The van der Waals surface area contributed by atoms with Gasteiger partial charge >= 0.3 is 0 Å². The number of hydrogen-bond donors (Lipinski definition) is 1. The van der Waals surface area contributed by atoms with Crippen molar-refractivity contribution in [3.05, 3.63) is 44.7 Å². The summed E-state index contributed by atoms with van der Waals surface area (Å²) in [4.78, 5) is 0. The highest BCUT2D eigenvalue weighted by Gasteiger charge is 2.12. The van der Waals surface area contributed by atoms with Crippen LogP contribution < -0.4 is 5.32 Å². The molecule has 0 saturated carbocycles.